The highest BCUT2D eigenvalue weighted by molar-refractivity contribution is 5.51. The van der Waals surface area contributed by atoms with Crippen LogP contribution in [-0.4, -0.2) is 12.2 Å². The van der Waals surface area contributed by atoms with Crippen LogP contribution < -0.4 is 4.74 Å². The van der Waals surface area contributed by atoms with Crippen molar-refractivity contribution < 1.29 is 9.84 Å². The number of hydrogen-bond donors (Lipinski definition) is 1. The van der Waals surface area contributed by atoms with Gasteiger partial charge in [-0.25, -0.2) is 0 Å². The predicted octanol–water partition coefficient (Wildman–Crippen LogP) is 3.66. The van der Waals surface area contributed by atoms with E-state index in [9.17, 15) is 5.11 Å². The van der Waals surface area contributed by atoms with Crippen LogP contribution in [-0.2, 0) is 6.42 Å². The van der Waals surface area contributed by atoms with E-state index < -0.39 is 0 Å². The number of benzene rings is 2. The quantitative estimate of drug-likeness (QED) is 0.883. The molecule has 0 unspecified atom stereocenters. The number of phenolic OH excluding ortho intramolecular Hbond substituents is 1. The van der Waals surface area contributed by atoms with E-state index in [4.69, 9.17) is 4.74 Å². The molecule has 0 amide bonds. The molecule has 2 nitrogen and oxygen atoms in total. The van der Waals surface area contributed by atoms with Crippen molar-refractivity contribution in [3.8, 4) is 11.5 Å². The Kier molecular flexibility index (Phi) is 4.02. The molecular weight excluding hydrogens is 224 g/mol. The number of ether oxygens (including phenoxy) is 1. The van der Waals surface area contributed by atoms with Crippen molar-refractivity contribution >= 4 is 6.08 Å². The third kappa shape index (κ3) is 2.92. The van der Waals surface area contributed by atoms with Gasteiger partial charge in [0.05, 0.1) is 7.11 Å². The van der Waals surface area contributed by atoms with Crippen LogP contribution >= 0.6 is 0 Å². The maximum Gasteiger partial charge on any atom is 0.126 e. The fourth-order valence-corrected chi connectivity index (χ4v) is 1.83. The fourth-order valence-electron chi connectivity index (χ4n) is 1.83. The third-order valence-corrected chi connectivity index (χ3v) is 2.76. The zero-order valence-electron chi connectivity index (χ0n) is 10.3. The molecule has 2 rings (SSSR count). The van der Waals surface area contributed by atoms with E-state index in [0.717, 1.165) is 11.1 Å². The van der Waals surface area contributed by atoms with Gasteiger partial charge in [0.1, 0.15) is 11.5 Å². The zero-order valence-corrected chi connectivity index (χ0v) is 10.3. The average molecular weight is 240 g/mol. The van der Waals surface area contributed by atoms with Gasteiger partial charge >= 0.3 is 0 Å². The maximum atomic E-state index is 9.81. The minimum absolute atomic E-state index is 0.270. The van der Waals surface area contributed by atoms with Gasteiger partial charge in [-0.3, -0.25) is 0 Å². The third-order valence-electron chi connectivity index (χ3n) is 2.76. The van der Waals surface area contributed by atoms with Gasteiger partial charge in [-0.05, 0) is 24.1 Å². The SMILES string of the molecule is COc1cccc(O)c1C/C=C/c1ccccc1. The van der Waals surface area contributed by atoms with Crippen LogP contribution in [0.1, 0.15) is 11.1 Å². The molecule has 0 spiro atoms. The normalized spacial score (nSPS) is 10.7. The number of rotatable bonds is 4. The van der Waals surface area contributed by atoms with Crippen molar-refractivity contribution in [1.29, 1.82) is 0 Å². The van der Waals surface area contributed by atoms with Gasteiger partial charge in [0, 0.05) is 5.56 Å². The van der Waals surface area contributed by atoms with Crippen LogP contribution in [0.3, 0.4) is 0 Å². The molecule has 0 saturated heterocycles. The van der Waals surface area contributed by atoms with Crippen molar-refractivity contribution in [1.82, 2.24) is 0 Å². The van der Waals surface area contributed by atoms with E-state index in [-0.39, 0.29) is 5.75 Å². The van der Waals surface area contributed by atoms with E-state index in [1.165, 1.54) is 0 Å². The van der Waals surface area contributed by atoms with E-state index in [0.29, 0.717) is 12.2 Å². The molecule has 0 radical (unpaired) electrons. The van der Waals surface area contributed by atoms with Crippen molar-refractivity contribution in [3.05, 3.63) is 65.7 Å². The molecule has 0 bridgehead atoms. The molecule has 2 aromatic carbocycles. The number of hydrogen-bond acceptors (Lipinski definition) is 2. The van der Waals surface area contributed by atoms with Crippen LogP contribution in [0.4, 0.5) is 0 Å². The van der Waals surface area contributed by atoms with E-state index in [1.54, 1.807) is 19.2 Å². The lowest BCUT2D eigenvalue weighted by Crippen LogP contribution is -1.91. The van der Waals surface area contributed by atoms with Crippen molar-refractivity contribution in [3.63, 3.8) is 0 Å². The van der Waals surface area contributed by atoms with Crippen molar-refractivity contribution in [2.75, 3.05) is 7.11 Å². The molecule has 0 aromatic heterocycles. The summed E-state index contributed by atoms with van der Waals surface area (Å²) in [6, 6.07) is 15.4. The molecule has 0 saturated carbocycles. The second-order valence-electron chi connectivity index (χ2n) is 3.98. The highest BCUT2D eigenvalue weighted by atomic mass is 16.5. The van der Waals surface area contributed by atoms with Crippen molar-refractivity contribution in [2.24, 2.45) is 0 Å². The lowest BCUT2D eigenvalue weighted by atomic mass is 10.1. The summed E-state index contributed by atoms with van der Waals surface area (Å²) < 4.78 is 5.24. The van der Waals surface area contributed by atoms with Crippen LogP contribution in [0.25, 0.3) is 6.08 Å². The zero-order chi connectivity index (χ0) is 12.8. The number of methoxy groups -OCH3 is 1. The highest BCUT2D eigenvalue weighted by Gasteiger charge is 2.05. The number of phenols is 1. The van der Waals surface area contributed by atoms with Crippen LogP contribution in [0.15, 0.2) is 54.6 Å². The summed E-state index contributed by atoms with van der Waals surface area (Å²) >= 11 is 0. The molecule has 0 aliphatic rings. The van der Waals surface area contributed by atoms with Crippen LogP contribution in [0, 0.1) is 0 Å². The van der Waals surface area contributed by atoms with Gasteiger partial charge in [-0.2, -0.15) is 0 Å². The Balaban J connectivity index is 2.13. The summed E-state index contributed by atoms with van der Waals surface area (Å²) in [6.45, 7) is 0. The fraction of sp³-hybridized carbons (Fsp3) is 0.125. The minimum atomic E-state index is 0.270. The molecule has 92 valence electrons. The summed E-state index contributed by atoms with van der Waals surface area (Å²) in [7, 11) is 1.61. The summed E-state index contributed by atoms with van der Waals surface area (Å²) in [5, 5.41) is 9.81. The summed E-state index contributed by atoms with van der Waals surface area (Å²) in [6.07, 6.45) is 4.70. The molecule has 0 heterocycles. The maximum absolute atomic E-state index is 9.81. The second kappa shape index (κ2) is 5.92. The molecule has 2 aromatic rings. The molecule has 0 atom stereocenters. The van der Waals surface area contributed by atoms with E-state index >= 15 is 0 Å². The van der Waals surface area contributed by atoms with Gasteiger partial charge in [-0.15, -0.1) is 0 Å². The Bertz CT molecular complexity index is 530. The Morgan fingerprint density at radius 2 is 1.83 bits per heavy atom. The second-order valence-corrected chi connectivity index (χ2v) is 3.98. The predicted molar refractivity (Wildman–Crippen MR) is 73.8 cm³/mol. The molecular formula is C16H16O2. The number of allylic oxidation sites excluding steroid dienone is 1. The van der Waals surface area contributed by atoms with Crippen LogP contribution in [0.5, 0.6) is 11.5 Å². The molecule has 0 aliphatic carbocycles. The van der Waals surface area contributed by atoms with Gasteiger partial charge in [0.2, 0.25) is 0 Å². The van der Waals surface area contributed by atoms with Gasteiger partial charge in [0.15, 0.2) is 0 Å². The Labute approximate surface area is 107 Å². The number of aromatic hydroxyl groups is 1. The van der Waals surface area contributed by atoms with Crippen molar-refractivity contribution in [2.45, 2.75) is 6.42 Å². The smallest absolute Gasteiger partial charge is 0.126 e. The standard InChI is InChI=1S/C16H16O2/c1-18-16-12-6-11-15(17)14(16)10-5-9-13-7-3-2-4-8-13/h2-9,11-12,17H,10H2,1H3/b9-5+. The van der Waals surface area contributed by atoms with Gasteiger partial charge < -0.3 is 9.84 Å². The largest absolute Gasteiger partial charge is 0.508 e. The Hall–Kier alpha value is -2.22. The minimum Gasteiger partial charge on any atom is -0.508 e. The van der Waals surface area contributed by atoms with E-state index in [1.807, 2.05) is 48.6 Å². The van der Waals surface area contributed by atoms with Gasteiger partial charge in [-0.1, -0.05) is 48.6 Å². The molecule has 2 heteroatoms. The Morgan fingerprint density at radius 3 is 2.56 bits per heavy atom. The van der Waals surface area contributed by atoms with E-state index in [2.05, 4.69) is 0 Å². The lowest BCUT2D eigenvalue weighted by Gasteiger charge is -2.07. The first-order valence-electron chi connectivity index (χ1n) is 5.87. The molecule has 0 aliphatic heterocycles. The Morgan fingerprint density at radius 1 is 1.06 bits per heavy atom. The monoisotopic (exact) mass is 240 g/mol. The molecule has 18 heavy (non-hydrogen) atoms. The summed E-state index contributed by atoms with van der Waals surface area (Å²) in [5.41, 5.74) is 1.96. The summed E-state index contributed by atoms with van der Waals surface area (Å²) in [4.78, 5) is 0. The topological polar surface area (TPSA) is 29.5 Å². The first-order chi connectivity index (χ1) is 8.81. The average Bonchev–Trinajstić information content (AvgIpc) is 2.41. The first kappa shape index (κ1) is 12.2. The molecule has 0 fully saturated rings. The highest BCUT2D eigenvalue weighted by Crippen LogP contribution is 2.27. The first-order valence-corrected chi connectivity index (χ1v) is 5.87. The lowest BCUT2D eigenvalue weighted by molar-refractivity contribution is 0.401. The summed E-state index contributed by atoms with van der Waals surface area (Å²) in [5.74, 6) is 0.986. The van der Waals surface area contributed by atoms with Gasteiger partial charge in [0.25, 0.3) is 0 Å². The van der Waals surface area contributed by atoms with Crippen LogP contribution in [0.2, 0.25) is 0 Å². The molecule has 1 N–H and O–H groups in total.